The molecule has 0 aliphatic heterocycles. The minimum absolute atomic E-state index is 0.110. The third-order valence-corrected chi connectivity index (χ3v) is 4.88. The summed E-state index contributed by atoms with van der Waals surface area (Å²) >= 11 is 5.98. The molecular formula is C20H21ClN4O3. The number of hydrogen-bond donors (Lipinski definition) is 2. The number of carbonyl (C=O) groups is 1. The molecule has 0 radical (unpaired) electrons. The highest BCUT2D eigenvalue weighted by atomic mass is 35.5. The van der Waals surface area contributed by atoms with Crippen LogP contribution in [0, 0.1) is 0 Å². The van der Waals surface area contributed by atoms with E-state index in [2.05, 4.69) is 15.4 Å². The van der Waals surface area contributed by atoms with Gasteiger partial charge in [0.1, 0.15) is 24.0 Å². The minimum Gasteiger partial charge on any atom is -0.497 e. The fourth-order valence-electron chi connectivity index (χ4n) is 2.92. The van der Waals surface area contributed by atoms with E-state index in [1.165, 1.54) is 17.3 Å². The fourth-order valence-corrected chi connectivity index (χ4v) is 3.05. The van der Waals surface area contributed by atoms with Gasteiger partial charge >= 0.3 is 0 Å². The number of carbonyl (C=O) groups excluding carboxylic acids is 1. The first-order valence-corrected chi connectivity index (χ1v) is 9.06. The highest BCUT2D eigenvalue weighted by Crippen LogP contribution is 2.28. The largest absolute Gasteiger partial charge is 0.497 e. The first-order chi connectivity index (χ1) is 13.4. The van der Waals surface area contributed by atoms with Crippen LogP contribution in [0.5, 0.6) is 5.75 Å². The average molecular weight is 401 g/mol. The second-order valence-electron chi connectivity index (χ2n) is 6.45. The molecule has 2 N–H and O–H groups in total. The summed E-state index contributed by atoms with van der Waals surface area (Å²) in [4.78, 5) is 16.6. The number of halogens is 1. The van der Waals surface area contributed by atoms with Crippen LogP contribution in [0.2, 0.25) is 5.02 Å². The normalized spacial score (nSPS) is 14.1. The van der Waals surface area contributed by atoms with Gasteiger partial charge in [-0.2, -0.15) is 5.10 Å². The van der Waals surface area contributed by atoms with Gasteiger partial charge in [0.25, 0.3) is 5.91 Å². The lowest BCUT2D eigenvalue weighted by atomic mass is 9.86. The molecule has 0 bridgehead atoms. The van der Waals surface area contributed by atoms with Crippen molar-refractivity contribution in [2.24, 2.45) is 0 Å². The molecule has 28 heavy (non-hydrogen) atoms. The Kier molecular flexibility index (Phi) is 5.96. The lowest BCUT2D eigenvalue weighted by molar-refractivity contribution is -0.0156. The van der Waals surface area contributed by atoms with E-state index in [9.17, 15) is 9.90 Å². The zero-order chi connectivity index (χ0) is 20.1. The van der Waals surface area contributed by atoms with E-state index in [1.54, 1.807) is 62.6 Å². The smallest absolute Gasteiger partial charge is 0.251 e. The number of nitrogens with one attached hydrogen (secondary N) is 1. The Hall–Kier alpha value is -2.90. The van der Waals surface area contributed by atoms with E-state index < -0.39 is 11.6 Å². The van der Waals surface area contributed by atoms with Crippen molar-refractivity contribution in [2.75, 3.05) is 7.11 Å². The molecule has 0 saturated heterocycles. The van der Waals surface area contributed by atoms with Gasteiger partial charge in [0.15, 0.2) is 0 Å². The first kappa shape index (κ1) is 19.9. The van der Waals surface area contributed by atoms with Crippen LogP contribution in [0.3, 0.4) is 0 Å². The molecule has 0 spiro atoms. The number of methoxy groups -OCH3 is 1. The second-order valence-corrected chi connectivity index (χ2v) is 6.88. The second kappa shape index (κ2) is 8.41. The number of amides is 1. The van der Waals surface area contributed by atoms with Crippen molar-refractivity contribution in [1.82, 2.24) is 20.1 Å². The third-order valence-electron chi connectivity index (χ3n) is 4.63. The molecule has 146 valence electrons. The topological polar surface area (TPSA) is 89.3 Å². The lowest BCUT2D eigenvalue weighted by Gasteiger charge is -2.35. The predicted octanol–water partition coefficient (Wildman–Crippen LogP) is 2.65. The van der Waals surface area contributed by atoms with E-state index in [0.717, 1.165) is 0 Å². The van der Waals surface area contributed by atoms with E-state index in [4.69, 9.17) is 16.3 Å². The van der Waals surface area contributed by atoms with Gasteiger partial charge < -0.3 is 15.2 Å². The third kappa shape index (κ3) is 4.32. The summed E-state index contributed by atoms with van der Waals surface area (Å²) in [5.74, 6) is 0.356. The number of nitrogens with zero attached hydrogens (tertiary/aromatic N) is 3. The molecular weight excluding hydrogens is 380 g/mol. The Bertz CT molecular complexity index is 914. The number of hydrogen-bond acceptors (Lipinski definition) is 5. The number of aromatic nitrogens is 3. The van der Waals surface area contributed by atoms with E-state index >= 15 is 0 Å². The lowest BCUT2D eigenvalue weighted by Crippen LogP contribution is -2.51. The standard InChI is InChI=1S/C20H21ClN4O3/c1-14(24-19(26)15-3-9-18(28-2)10-4-15)20(27,11-25-13-22-12-23-25)16-5-7-17(21)8-6-16/h3-10,12-14,27H,11H2,1-2H3,(H,24,26)/t14-,20-/m1/s1. The number of rotatable bonds is 7. The fraction of sp³-hybridized carbons (Fsp3) is 0.250. The van der Waals surface area contributed by atoms with Crippen molar-refractivity contribution >= 4 is 17.5 Å². The molecule has 0 aliphatic rings. The molecule has 2 aromatic carbocycles. The van der Waals surface area contributed by atoms with Crippen LogP contribution < -0.4 is 10.1 Å². The van der Waals surface area contributed by atoms with Gasteiger partial charge in [-0.3, -0.25) is 4.79 Å². The van der Waals surface area contributed by atoms with Crippen LogP contribution in [0.25, 0.3) is 0 Å². The first-order valence-electron chi connectivity index (χ1n) is 8.68. The van der Waals surface area contributed by atoms with Crippen LogP contribution in [-0.4, -0.2) is 38.9 Å². The molecule has 0 aliphatic carbocycles. The van der Waals surface area contributed by atoms with Crippen molar-refractivity contribution in [3.05, 3.63) is 77.3 Å². The van der Waals surface area contributed by atoms with Crippen molar-refractivity contribution in [3.8, 4) is 5.75 Å². The van der Waals surface area contributed by atoms with Crippen molar-refractivity contribution in [1.29, 1.82) is 0 Å². The van der Waals surface area contributed by atoms with Gasteiger partial charge in [-0.25, -0.2) is 9.67 Å². The molecule has 1 aromatic heterocycles. The Balaban J connectivity index is 1.85. The van der Waals surface area contributed by atoms with Gasteiger partial charge in [0, 0.05) is 10.6 Å². The van der Waals surface area contributed by atoms with E-state index in [-0.39, 0.29) is 12.5 Å². The van der Waals surface area contributed by atoms with Crippen LogP contribution in [0.1, 0.15) is 22.8 Å². The van der Waals surface area contributed by atoms with Crippen LogP contribution >= 0.6 is 11.6 Å². The maximum absolute atomic E-state index is 12.7. The van der Waals surface area contributed by atoms with Crippen LogP contribution in [0.15, 0.2) is 61.2 Å². The number of aliphatic hydroxyl groups is 1. The molecule has 1 heterocycles. The highest BCUT2D eigenvalue weighted by Gasteiger charge is 2.37. The maximum atomic E-state index is 12.7. The molecule has 0 saturated carbocycles. The van der Waals surface area contributed by atoms with Crippen LogP contribution in [0.4, 0.5) is 0 Å². The average Bonchev–Trinajstić information content (AvgIpc) is 3.21. The highest BCUT2D eigenvalue weighted by molar-refractivity contribution is 6.30. The number of benzene rings is 2. The monoisotopic (exact) mass is 400 g/mol. The van der Waals surface area contributed by atoms with E-state index in [1.807, 2.05) is 0 Å². The Morgan fingerprint density at radius 2 is 1.93 bits per heavy atom. The molecule has 8 heteroatoms. The molecule has 1 amide bonds. The van der Waals surface area contributed by atoms with Crippen molar-refractivity contribution < 1.29 is 14.6 Å². The zero-order valence-electron chi connectivity index (χ0n) is 15.5. The maximum Gasteiger partial charge on any atom is 0.251 e. The molecule has 0 fully saturated rings. The zero-order valence-corrected chi connectivity index (χ0v) is 16.3. The summed E-state index contributed by atoms with van der Waals surface area (Å²) in [5, 5.41) is 19.0. The Morgan fingerprint density at radius 3 is 2.50 bits per heavy atom. The minimum atomic E-state index is -1.43. The van der Waals surface area contributed by atoms with Gasteiger partial charge in [-0.1, -0.05) is 23.7 Å². The molecule has 0 unspecified atom stereocenters. The molecule has 3 aromatic rings. The SMILES string of the molecule is COc1ccc(C(=O)N[C@H](C)[C@](O)(Cn2cncn2)c2ccc(Cl)cc2)cc1. The Morgan fingerprint density at radius 1 is 1.25 bits per heavy atom. The summed E-state index contributed by atoms with van der Waals surface area (Å²) in [6.45, 7) is 1.85. The molecule has 7 nitrogen and oxygen atoms in total. The molecule has 3 rings (SSSR count). The summed E-state index contributed by atoms with van der Waals surface area (Å²) in [6.07, 6.45) is 2.90. The van der Waals surface area contributed by atoms with Crippen LogP contribution in [-0.2, 0) is 12.1 Å². The summed E-state index contributed by atoms with van der Waals surface area (Å²) in [6, 6.07) is 13.0. The number of ether oxygens (including phenoxy) is 1. The van der Waals surface area contributed by atoms with Gasteiger partial charge in [0.2, 0.25) is 0 Å². The molecule has 2 atom stereocenters. The van der Waals surface area contributed by atoms with Gasteiger partial charge in [0.05, 0.1) is 19.7 Å². The van der Waals surface area contributed by atoms with Crippen molar-refractivity contribution in [2.45, 2.75) is 25.1 Å². The predicted molar refractivity (Wildman–Crippen MR) is 105 cm³/mol. The van der Waals surface area contributed by atoms with Gasteiger partial charge in [-0.15, -0.1) is 0 Å². The van der Waals surface area contributed by atoms with Gasteiger partial charge in [-0.05, 0) is 48.9 Å². The Labute approximate surface area is 167 Å². The van der Waals surface area contributed by atoms with Crippen molar-refractivity contribution in [3.63, 3.8) is 0 Å². The summed E-state index contributed by atoms with van der Waals surface area (Å²) < 4.78 is 6.63. The van der Waals surface area contributed by atoms with E-state index in [0.29, 0.717) is 21.9 Å². The summed E-state index contributed by atoms with van der Waals surface area (Å²) in [5.41, 5.74) is -0.359. The quantitative estimate of drug-likeness (QED) is 0.636. The summed E-state index contributed by atoms with van der Waals surface area (Å²) in [7, 11) is 1.56.